The maximum atomic E-state index is 13.2. The number of methoxy groups -OCH3 is 1. The SMILES string of the molecule is COCCCN(C)c1ccc(NC(=O)C2CCN(S(=O)(=O)C3=CC[C@@H](Br)S3)CC2)c2cccc(C=O)c12. The number of rotatable bonds is 10. The van der Waals surface area contributed by atoms with Crippen molar-refractivity contribution < 1.29 is 22.7 Å². The summed E-state index contributed by atoms with van der Waals surface area (Å²) >= 11 is 4.78. The van der Waals surface area contributed by atoms with Crippen LogP contribution in [0.1, 0.15) is 36.0 Å². The van der Waals surface area contributed by atoms with Crippen LogP contribution < -0.4 is 10.2 Å². The van der Waals surface area contributed by atoms with Crippen molar-refractivity contribution in [1.29, 1.82) is 0 Å². The molecule has 2 aliphatic heterocycles. The lowest BCUT2D eigenvalue weighted by Crippen LogP contribution is -2.41. The minimum Gasteiger partial charge on any atom is -0.385 e. The smallest absolute Gasteiger partial charge is 0.248 e. The number of nitrogens with zero attached hydrogens (tertiary/aromatic N) is 2. The summed E-state index contributed by atoms with van der Waals surface area (Å²) < 4.78 is 33.0. The van der Waals surface area contributed by atoms with Crippen molar-refractivity contribution in [3.8, 4) is 0 Å². The first-order valence-electron chi connectivity index (χ1n) is 12.3. The van der Waals surface area contributed by atoms with Gasteiger partial charge in [-0.2, -0.15) is 4.31 Å². The molecule has 2 aromatic rings. The molecule has 2 heterocycles. The monoisotopic (exact) mass is 609 g/mol. The van der Waals surface area contributed by atoms with Gasteiger partial charge in [-0.05, 0) is 37.8 Å². The highest BCUT2D eigenvalue weighted by Crippen LogP contribution is 2.41. The maximum Gasteiger partial charge on any atom is 0.248 e. The highest BCUT2D eigenvalue weighted by atomic mass is 79.9. The number of allylic oxidation sites excluding steroid dienone is 1. The van der Waals surface area contributed by atoms with Crippen LogP contribution >= 0.6 is 27.7 Å². The molecule has 4 rings (SSSR count). The summed E-state index contributed by atoms with van der Waals surface area (Å²) in [6, 6.07) is 9.30. The molecule has 1 amide bonds. The van der Waals surface area contributed by atoms with Gasteiger partial charge in [-0.15, -0.1) is 0 Å². The van der Waals surface area contributed by atoms with E-state index < -0.39 is 10.0 Å². The molecule has 2 aromatic carbocycles. The van der Waals surface area contributed by atoms with E-state index in [4.69, 9.17) is 4.74 Å². The third kappa shape index (κ3) is 6.22. The molecular formula is C26H32BrN3O5S2. The second-order valence-electron chi connectivity index (χ2n) is 9.24. The second-order valence-corrected chi connectivity index (χ2v) is 14.4. The molecule has 0 radical (unpaired) electrons. The Balaban J connectivity index is 1.48. The molecular weight excluding hydrogens is 578 g/mol. The Kier molecular flexibility index (Phi) is 9.33. The van der Waals surface area contributed by atoms with Gasteiger partial charge in [0, 0.05) is 74.0 Å². The van der Waals surface area contributed by atoms with Gasteiger partial charge in [-0.3, -0.25) is 9.59 Å². The number of thioether (sulfide) groups is 1. The fourth-order valence-corrected chi connectivity index (χ4v) is 9.01. The lowest BCUT2D eigenvalue weighted by atomic mass is 9.96. The van der Waals surface area contributed by atoms with Gasteiger partial charge in [0.25, 0.3) is 0 Å². The van der Waals surface area contributed by atoms with Crippen LogP contribution in [0.3, 0.4) is 0 Å². The number of piperidine rings is 1. The van der Waals surface area contributed by atoms with E-state index >= 15 is 0 Å². The second kappa shape index (κ2) is 12.3. The Hall–Kier alpha value is -1.92. The van der Waals surface area contributed by atoms with Gasteiger partial charge in [-0.1, -0.05) is 52.0 Å². The number of anilines is 2. The van der Waals surface area contributed by atoms with Crippen LogP contribution in [-0.2, 0) is 19.6 Å². The molecule has 0 bridgehead atoms. The van der Waals surface area contributed by atoms with E-state index in [1.165, 1.54) is 16.1 Å². The number of alkyl halides is 1. The first-order chi connectivity index (χ1) is 17.8. The van der Waals surface area contributed by atoms with E-state index in [9.17, 15) is 18.0 Å². The number of nitrogens with one attached hydrogen (secondary N) is 1. The zero-order valence-electron chi connectivity index (χ0n) is 21.0. The Morgan fingerprint density at radius 2 is 2.03 bits per heavy atom. The number of carbonyl (C=O) groups is 2. The standard InChI is InChI=1S/C26H32BrN3O5S2/c1-29(13-4-16-35-2)22-8-7-21(20-6-3-5-19(17-31)25(20)22)28-26(32)18-11-14-30(15-12-18)37(33,34)24-10-9-23(27)36-24/h3,5-8,10,17-18,23H,4,9,11-16H2,1-2H3,(H,28,32)/t23-/m0/s1. The summed E-state index contributed by atoms with van der Waals surface area (Å²) in [4.78, 5) is 27.2. The van der Waals surface area contributed by atoms with Crippen LogP contribution in [0.5, 0.6) is 0 Å². The number of sulfonamides is 1. The number of hydrogen-bond donors (Lipinski definition) is 1. The normalized spacial score (nSPS) is 19.1. The van der Waals surface area contributed by atoms with Crippen molar-refractivity contribution >= 4 is 72.1 Å². The van der Waals surface area contributed by atoms with Gasteiger partial charge in [0.2, 0.25) is 15.9 Å². The fraction of sp³-hybridized carbons (Fsp3) is 0.462. The summed E-state index contributed by atoms with van der Waals surface area (Å²) in [5.74, 6) is -0.424. The number of halogens is 1. The van der Waals surface area contributed by atoms with E-state index in [0.29, 0.717) is 54.4 Å². The average molecular weight is 611 g/mol. The summed E-state index contributed by atoms with van der Waals surface area (Å²) in [5.41, 5.74) is 2.12. The number of fused-ring (bicyclic) bond motifs is 1. The molecule has 1 fully saturated rings. The van der Waals surface area contributed by atoms with Gasteiger partial charge in [-0.25, -0.2) is 8.42 Å². The quantitative estimate of drug-likeness (QED) is 0.235. The van der Waals surface area contributed by atoms with Crippen molar-refractivity contribution in [2.24, 2.45) is 5.92 Å². The molecule has 0 unspecified atom stereocenters. The van der Waals surface area contributed by atoms with Gasteiger partial charge in [0.1, 0.15) is 4.24 Å². The van der Waals surface area contributed by atoms with E-state index in [2.05, 4.69) is 26.1 Å². The summed E-state index contributed by atoms with van der Waals surface area (Å²) in [7, 11) is 0.138. The molecule has 37 heavy (non-hydrogen) atoms. The van der Waals surface area contributed by atoms with Crippen LogP contribution in [0, 0.1) is 5.92 Å². The van der Waals surface area contributed by atoms with Gasteiger partial charge in [0.15, 0.2) is 6.29 Å². The van der Waals surface area contributed by atoms with Crippen molar-refractivity contribution in [2.75, 3.05) is 50.6 Å². The Labute approximate surface area is 231 Å². The third-order valence-electron chi connectivity index (χ3n) is 6.82. The van der Waals surface area contributed by atoms with Gasteiger partial charge < -0.3 is 15.0 Å². The topological polar surface area (TPSA) is 96.0 Å². The lowest BCUT2D eigenvalue weighted by Gasteiger charge is -2.31. The fourth-order valence-electron chi connectivity index (χ4n) is 4.81. The molecule has 0 aromatic heterocycles. The van der Waals surface area contributed by atoms with Crippen LogP contribution in [0.15, 0.2) is 40.6 Å². The van der Waals surface area contributed by atoms with Crippen LogP contribution in [0.4, 0.5) is 11.4 Å². The third-order valence-corrected chi connectivity index (χ3v) is 11.2. The van der Waals surface area contributed by atoms with Gasteiger partial charge in [0.05, 0.1) is 4.16 Å². The zero-order chi connectivity index (χ0) is 26.6. The van der Waals surface area contributed by atoms with Crippen LogP contribution in [0.2, 0.25) is 0 Å². The molecule has 8 nitrogen and oxygen atoms in total. The number of ether oxygens (including phenoxy) is 1. The Morgan fingerprint density at radius 3 is 2.68 bits per heavy atom. The van der Waals surface area contributed by atoms with E-state index in [0.717, 1.165) is 35.7 Å². The van der Waals surface area contributed by atoms with E-state index in [-0.39, 0.29) is 16.0 Å². The van der Waals surface area contributed by atoms with Crippen molar-refractivity contribution in [3.63, 3.8) is 0 Å². The highest BCUT2D eigenvalue weighted by Gasteiger charge is 2.35. The predicted octanol–water partition coefficient (Wildman–Crippen LogP) is 4.80. The van der Waals surface area contributed by atoms with Gasteiger partial charge >= 0.3 is 0 Å². The van der Waals surface area contributed by atoms with Crippen LogP contribution in [0.25, 0.3) is 10.8 Å². The predicted molar refractivity (Wildman–Crippen MR) is 154 cm³/mol. The molecule has 2 aliphatic rings. The first kappa shape index (κ1) is 28.1. The zero-order valence-corrected chi connectivity index (χ0v) is 24.2. The van der Waals surface area contributed by atoms with Crippen molar-refractivity contribution in [2.45, 2.75) is 29.8 Å². The number of carbonyl (C=O) groups excluding carboxylic acids is 2. The van der Waals surface area contributed by atoms with E-state index in [1.807, 2.05) is 31.3 Å². The minimum absolute atomic E-state index is 0.0895. The maximum absolute atomic E-state index is 13.2. The molecule has 0 aliphatic carbocycles. The summed E-state index contributed by atoms with van der Waals surface area (Å²) in [6.45, 7) is 2.03. The molecule has 200 valence electrons. The molecule has 1 saturated heterocycles. The summed E-state index contributed by atoms with van der Waals surface area (Å²) in [6.07, 6.45) is 5.04. The van der Waals surface area contributed by atoms with E-state index in [1.54, 1.807) is 19.3 Å². The number of benzene rings is 2. The Bertz CT molecular complexity index is 1290. The molecule has 1 atom stereocenters. The molecule has 0 spiro atoms. The minimum atomic E-state index is -3.51. The lowest BCUT2D eigenvalue weighted by molar-refractivity contribution is -0.120. The number of amides is 1. The largest absolute Gasteiger partial charge is 0.385 e. The molecule has 0 saturated carbocycles. The Morgan fingerprint density at radius 1 is 1.27 bits per heavy atom. The molecule has 1 N–H and O–H groups in total. The van der Waals surface area contributed by atoms with Crippen molar-refractivity contribution in [1.82, 2.24) is 4.31 Å². The average Bonchev–Trinajstić information content (AvgIpc) is 3.35. The first-order valence-corrected chi connectivity index (χ1v) is 15.5. The molecule has 11 heteroatoms. The summed E-state index contributed by atoms with van der Waals surface area (Å²) in [5, 5.41) is 4.65. The highest BCUT2D eigenvalue weighted by molar-refractivity contribution is 9.11. The van der Waals surface area contributed by atoms with Crippen LogP contribution in [-0.4, -0.2) is 69.5 Å². The number of hydrogen-bond acceptors (Lipinski definition) is 7. The number of aldehydes is 1. The van der Waals surface area contributed by atoms with Crippen molar-refractivity contribution in [3.05, 3.63) is 46.2 Å².